The smallest absolute Gasteiger partial charge is 0.131 e. The van der Waals surface area contributed by atoms with Gasteiger partial charge in [-0.1, -0.05) is 48.5 Å². The molecule has 0 radical (unpaired) electrons. The van der Waals surface area contributed by atoms with Gasteiger partial charge in [-0.05, 0) is 51.6 Å². The van der Waals surface area contributed by atoms with E-state index in [0.29, 0.717) is 5.39 Å². The summed E-state index contributed by atoms with van der Waals surface area (Å²) < 4.78 is 14.2. The first-order valence-corrected chi connectivity index (χ1v) is 6.75. The van der Waals surface area contributed by atoms with E-state index in [9.17, 15) is 4.39 Å². The van der Waals surface area contributed by atoms with Crippen molar-refractivity contribution in [2.24, 2.45) is 0 Å². The Balaban J connectivity index is 2.35. The van der Waals surface area contributed by atoms with E-state index in [-0.39, 0.29) is 5.82 Å². The Morgan fingerprint density at radius 1 is 0.700 bits per heavy atom. The molecule has 96 valence electrons. The summed E-state index contributed by atoms with van der Waals surface area (Å²) in [7, 11) is 0. The lowest BCUT2D eigenvalue weighted by Crippen LogP contribution is -1.88. The molecular formula is C19H13F. The Bertz CT molecular complexity index is 967. The first-order chi connectivity index (χ1) is 9.75. The Hall–Kier alpha value is -2.41. The topological polar surface area (TPSA) is 0 Å². The zero-order valence-corrected chi connectivity index (χ0v) is 11.2. The molecule has 4 aromatic rings. The molecule has 0 amide bonds. The van der Waals surface area contributed by atoms with Gasteiger partial charge in [-0.25, -0.2) is 4.39 Å². The van der Waals surface area contributed by atoms with Crippen LogP contribution in [0.3, 0.4) is 0 Å². The number of aryl methyl sites for hydroxylation is 1. The molecule has 0 N–H and O–H groups in total. The third-order valence-electron chi connectivity index (χ3n) is 4.08. The summed E-state index contributed by atoms with van der Waals surface area (Å²) in [6, 6.07) is 19.7. The molecule has 0 atom stereocenters. The average molecular weight is 260 g/mol. The molecule has 0 aliphatic heterocycles. The minimum Gasteiger partial charge on any atom is -0.206 e. The van der Waals surface area contributed by atoms with Gasteiger partial charge in [0, 0.05) is 5.39 Å². The summed E-state index contributed by atoms with van der Waals surface area (Å²) in [5.41, 5.74) is 1.22. The van der Waals surface area contributed by atoms with Crippen molar-refractivity contribution in [3.8, 4) is 0 Å². The maximum Gasteiger partial charge on any atom is 0.131 e. The zero-order valence-electron chi connectivity index (χ0n) is 11.2. The van der Waals surface area contributed by atoms with Crippen LogP contribution in [0.1, 0.15) is 5.56 Å². The van der Waals surface area contributed by atoms with Gasteiger partial charge in [0.1, 0.15) is 5.82 Å². The van der Waals surface area contributed by atoms with Crippen LogP contribution >= 0.6 is 0 Å². The van der Waals surface area contributed by atoms with E-state index < -0.39 is 0 Å². The van der Waals surface area contributed by atoms with Crippen LogP contribution in [-0.4, -0.2) is 0 Å². The predicted molar refractivity (Wildman–Crippen MR) is 83.7 cm³/mol. The van der Waals surface area contributed by atoms with Crippen LogP contribution in [0.25, 0.3) is 32.3 Å². The summed E-state index contributed by atoms with van der Waals surface area (Å²) in [5.74, 6) is -0.150. The van der Waals surface area contributed by atoms with Crippen molar-refractivity contribution >= 4 is 32.3 Å². The summed E-state index contributed by atoms with van der Waals surface area (Å²) in [6.45, 7) is 2.12. The third kappa shape index (κ3) is 1.47. The summed E-state index contributed by atoms with van der Waals surface area (Å²) in [5, 5.41) is 6.20. The summed E-state index contributed by atoms with van der Waals surface area (Å²) in [6.07, 6.45) is 0. The molecule has 1 heteroatoms. The van der Waals surface area contributed by atoms with Crippen LogP contribution < -0.4 is 0 Å². The van der Waals surface area contributed by atoms with Gasteiger partial charge in [-0.2, -0.15) is 0 Å². The van der Waals surface area contributed by atoms with E-state index in [1.54, 1.807) is 6.07 Å². The van der Waals surface area contributed by atoms with Crippen molar-refractivity contribution in [2.75, 3.05) is 0 Å². The van der Waals surface area contributed by atoms with Crippen LogP contribution in [0.4, 0.5) is 4.39 Å². The lowest BCUT2D eigenvalue weighted by atomic mass is 9.93. The maximum absolute atomic E-state index is 14.2. The molecule has 0 saturated heterocycles. The highest BCUT2D eigenvalue weighted by molar-refractivity contribution is 6.14. The second kappa shape index (κ2) is 4.04. The van der Waals surface area contributed by atoms with E-state index in [1.165, 1.54) is 10.9 Å². The Morgan fingerprint density at radius 3 is 2.15 bits per heavy atom. The number of fused-ring (bicyclic) bond motifs is 4. The number of rotatable bonds is 0. The van der Waals surface area contributed by atoms with E-state index in [4.69, 9.17) is 0 Å². The molecule has 0 aromatic heterocycles. The van der Waals surface area contributed by atoms with Gasteiger partial charge in [0.25, 0.3) is 0 Å². The third-order valence-corrected chi connectivity index (χ3v) is 4.08. The lowest BCUT2D eigenvalue weighted by Gasteiger charge is -2.11. The predicted octanol–water partition coefficient (Wildman–Crippen LogP) is 5.59. The fourth-order valence-corrected chi connectivity index (χ4v) is 3.15. The lowest BCUT2D eigenvalue weighted by molar-refractivity contribution is 0.641. The van der Waals surface area contributed by atoms with E-state index in [2.05, 4.69) is 25.1 Å². The molecule has 20 heavy (non-hydrogen) atoms. The van der Waals surface area contributed by atoms with Crippen LogP contribution in [-0.2, 0) is 0 Å². The quantitative estimate of drug-likeness (QED) is 0.285. The standard InChI is InChI=1S/C19H13F/c1-12-15-7-3-2-6-13(15)10-14-11-18(20)16-8-4-5-9-17(16)19(12)14/h2-11H,1H3. The normalized spacial score (nSPS) is 11.5. The second-order valence-corrected chi connectivity index (χ2v) is 5.22. The van der Waals surface area contributed by atoms with Gasteiger partial charge in [0.2, 0.25) is 0 Å². The van der Waals surface area contributed by atoms with Crippen LogP contribution in [0.2, 0.25) is 0 Å². The molecule has 0 nitrogen and oxygen atoms in total. The van der Waals surface area contributed by atoms with Gasteiger partial charge in [0.05, 0.1) is 0 Å². The molecule has 0 bridgehead atoms. The van der Waals surface area contributed by atoms with Crippen molar-refractivity contribution in [1.82, 2.24) is 0 Å². The summed E-state index contributed by atoms with van der Waals surface area (Å²) >= 11 is 0. The van der Waals surface area contributed by atoms with Crippen molar-refractivity contribution in [1.29, 1.82) is 0 Å². The molecule has 0 fully saturated rings. The van der Waals surface area contributed by atoms with Gasteiger partial charge in [-0.15, -0.1) is 0 Å². The Morgan fingerprint density at radius 2 is 1.35 bits per heavy atom. The molecule has 0 unspecified atom stereocenters. The molecule has 4 aromatic carbocycles. The first kappa shape index (κ1) is 11.4. The number of halogens is 1. The highest BCUT2D eigenvalue weighted by Crippen LogP contribution is 2.34. The molecular weight excluding hydrogens is 247 g/mol. The van der Waals surface area contributed by atoms with Gasteiger partial charge >= 0.3 is 0 Å². The molecule has 0 saturated carbocycles. The highest BCUT2D eigenvalue weighted by atomic mass is 19.1. The van der Waals surface area contributed by atoms with Crippen LogP contribution in [0.15, 0.2) is 60.7 Å². The molecule has 4 rings (SSSR count). The van der Waals surface area contributed by atoms with Crippen LogP contribution in [0.5, 0.6) is 0 Å². The van der Waals surface area contributed by atoms with Gasteiger partial charge < -0.3 is 0 Å². The van der Waals surface area contributed by atoms with Gasteiger partial charge in [-0.3, -0.25) is 0 Å². The second-order valence-electron chi connectivity index (χ2n) is 5.22. The van der Waals surface area contributed by atoms with E-state index in [1.807, 2.05) is 36.4 Å². The minimum atomic E-state index is -0.150. The summed E-state index contributed by atoms with van der Waals surface area (Å²) in [4.78, 5) is 0. The van der Waals surface area contributed by atoms with Gasteiger partial charge in [0.15, 0.2) is 0 Å². The monoisotopic (exact) mass is 260 g/mol. The maximum atomic E-state index is 14.2. The molecule has 0 aliphatic carbocycles. The largest absolute Gasteiger partial charge is 0.206 e. The first-order valence-electron chi connectivity index (χ1n) is 6.75. The van der Waals surface area contributed by atoms with Crippen LogP contribution in [0, 0.1) is 12.7 Å². The minimum absolute atomic E-state index is 0.150. The Labute approximate surface area is 116 Å². The zero-order chi connectivity index (χ0) is 13.7. The van der Waals surface area contributed by atoms with Crippen molar-refractivity contribution in [3.63, 3.8) is 0 Å². The highest BCUT2D eigenvalue weighted by Gasteiger charge is 2.10. The Kier molecular flexibility index (Phi) is 2.31. The molecule has 0 spiro atoms. The van der Waals surface area contributed by atoms with Crippen molar-refractivity contribution < 1.29 is 4.39 Å². The fraction of sp³-hybridized carbons (Fsp3) is 0.0526. The van der Waals surface area contributed by atoms with E-state index >= 15 is 0 Å². The SMILES string of the molecule is Cc1c2ccccc2cc2cc(F)c3ccccc3c12. The average Bonchev–Trinajstić information content (AvgIpc) is 2.47. The molecule has 0 aliphatic rings. The van der Waals surface area contributed by atoms with Crippen molar-refractivity contribution in [3.05, 3.63) is 72.0 Å². The number of hydrogen-bond acceptors (Lipinski definition) is 0. The van der Waals surface area contributed by atoms with E-state index in [0.717, 1.165) is 21.5 Å². The van der Waals surface area contributed by atoms with Crippen molar-refractivity contribution in [2.45, 2.75) is 6.92 Å². The molecule has 0 heterocycles. The number of hydrogen-bond donors (Lipinski definition) is 0. The number of benzene rings is 4. The fourth-order valence-electron chi connectivity index (χ4n) is 3.15.